The molecule has 0 aliphatic rings. The van der Waals surface area contributed by atoms with Crippen molar-refractivity contribution in [2.45, 2.75) is 26.7 Å². The smallest absolute Gasteiger partial charge is 0.255 e. The molecule has 1 amide bonds. The Bertz CT molecular complexity index is 593. The SMILES string of the molecule is CCCc1ccc(NC(=O)c2ccnc(NCC)c2)cc1. The van der Waals surface area contributed by atoms with Crippen LogP contribution in [-0.2, 0) is 6.42 Å². The Balaban J connectivity index is 2.05. The Morgan fingerprint density at radius 1 is 1.14 bits per heavy atom. The van der Waals surface area contributed by atoms with E-state index in [0.29, 0.717) is 11.4 Å². The van der Waals surface area contributed by atoms with Gasteiger partial charge in [0, 0.05) is 24.0 Å². The van der Waals surface area contributed by atoms with E-state index in [-0.39, 0.29) is 5.91 Å². The van der Waals surface area contributed by atoms with Gasteiger partial charge in [0.15, 0.2) is 0 Å². The van der Waals surface area contributed by atoms with Crippen LogP contribution in [0.2, 0.25) is 0 Å². The van der Waals surface area contributed by atoms with E-state index in [4.69, 9.17) is 0 Å². The standard InChI is InChI=1S/C17H21N3O/c1-3-5-13-6-8-15(9-7-13)20-17(21)14-10-11-19-16(12-14)18-4-2/h6-12H,3-5H2,1-2H3,(H,18,19)(H,20,21). The molecule has 1 aromatic carbocycles. The van der Waals surface area contributed by atoms with Crippen molar-refractivity contribution < 1.29 is 4.79 Å². The maximum Gasteiger partial charge on any atom is 0.255 e. The monoisotopic (exact) mass is 283 g/mol. The molecule has 0 fully saturated rings. The number of carbonyl (C=O) groups excluding carboxylic acids is 1. The third kappa shape index (κ3) is 4.31. The van der Waals surface area contributed by atoms with Crippen molar-refractivity contribution >= 4 is 17.4 Å². The molecule has 0 aliphatic carbocycles. The van der Waals surface area contributed by atoms with Crippen LogP contribution in [0.25, 0.3) is 0 Å². The highest BCUT2D eigenvalue weighted by Crippen LogP contribution is 2.13. The molecule has 2 N–H and O–H groups in total. The Kier molecular flexibility index (Phi) is 5.32. The van der Waals surface area contributed by atoms with Gasteiger partial charge in [-0.15, -0.1) is 0 Å². The number of hydrogen-bond donors (Lipinski definition) is 2. The van der Waals surface area contributed by atoms with Gasteiger partial charge in [-0.25, -0.2) is 4.98 Å². The molecule has 0 saturated carbocycles. The van der Waals surface area contributed by atoms with Gasteiger partial charge in [-0.3, -0.25) is 4.79 Å². The maximum absolute atomic E-state index is 12.2. The number of pyridine rings is 1. The van der Waals surface area contributed by atoms with Crippen LogP contribution >= 0.6 is 0 Å². The maximum atomic E-state index is 12.2. The average molecular weight is 283 g/mol. The molecule has 2 aromatic rings. The van der Waals surface area contributed by atoms with Gasteiger partial charge in [-0.1, -0.05) is 25.5 Å². The van der Waals surface area contributed by atoms with Gasteiger partial charge in [0.25, 0.3) is 5.91 Å². The lowest BCUT2D eigenvalue weighted by molar-refractivity contribution is 0.102. The fraction of sp³-hybridized carbons (Fsp3) is 0.294. The van der Waals surface area contributed by atoms with Crippen molar-refractivity contribution in [3.63, 3.8) is 0 Å². The molecule has 0 atom stereocenters. The lowest BCUT2D eigenvalue weighted by Gasteiger charge is -2.08. The van der Waals surface area contributed by atoms with Crippen molar-refractivity contribution in [3.05, 3.63) is 53.7 Å². The van der Waals surface area contributed by atoms with Gasteiger partial charge in [0.05, 0.1) is 0 Å². The fourth-order valence-electron chi connectivity index (χ4n) is 2.10. The first kappa shape index (κ1) is 15.0. The van der Waals surface area contributed by atoms with Crippen LogP contribution < -0.4 is 10.6 Å². The normalized spacial score (nSPS) is 10.2. The van der Waals surface area contributed by atoms with Gasteiger partial charge in [-0.2, -0.15) is 0 Å². The third-order valence-electron chi connectivity index (χ3n) is 3.13. The Labute approximate surface area is 125 Å². The van der Waals surface area contributed by atoms with Gasteiger partial charge in [0.1, 0.15) is 5.82 Å². The largest absolute Gasteiger partial charge is 0.370 e. The van der Waals surface area contributed by atoms with Crippen LogP contribution in [0, 0.1) is 0 Å². The number of amides is 1. The molecule has 4 nitrogen and oxygen atoms in total. The van der Waals surface area contributed by atoms with E-state index >= 15 is 0 Å². The molecule has 0 aliphatic heterocycles. The predicted octanol–water partition coefficient (Wildman–Crippen LogP) is 3.72. The number of anilines is 2. The first-order valence-corrected chi connectivity index (χ1v) is 7.33. The van der Waals surface area contributed by atoms with E-state index in [1.54, 1.807) is 18.3 Å². The molecule has 21 heavy (non-hydrogen) atoms. The number of carbonyl (C=O) groups is 1. The highest BCUT2D eigenvalue weighted by molar-refractivity contribution is 6.04. The summed E-state index contributed by atoms with van der Waals surface area (Å²) in [6, 6.07) is 11.4. The van der Waals surface area contributed by atoms with E-state index in [1.165, 1.54) is 5.56 Å². The summed E-state index contributed by atoms with van der Waals surface area (Å²) < 4.78 is 0. The number of benzene rings is 1. The fourth-order valence-corrected chi connectivity index (χ4v) is 2.10. The van der Waals surface area contributed by atoms with Crippen molar-refractivity contribution in [2.24, 2.45) is 0 Å². The number of nitrogens with zero attached hydrogens (tertiary/aromatic N) is 1. The van der Waals surface area contributed by atoms with Crippen molar-refractivity contribution in [1.29, 1.82) is 0 Å². The minimum atomic E-state index is -0.125. The van der Waals surface area contributed by atoms with Gasteiger partial charge >= 0.3 is 0 Å². The van der Waals surface area contributed by atoms with Crippen molar-refractivity contribution in [1.82, 2.24) is 4.98 Å². The number of aryl methyl sites for hydroxylation is 1. The van der Waals surface area contributed by atoms with Crippen LogP contribution in [0.3, 0.4) is 0 Å². The highest BCUT2D eigenvalue weighted by atomic mass is 16.1. The summed E-state index contributed by atoms with van der Waals surface area (Å²) in [4.78, 5) is 16.4. The molecule has 0 radical (unpaired) electrons. The quantitative estimate of drug-likeness (QED) is 0.849. The minimum Gasteiger partial charge on any atom is -0.370 e. The minimum absolute atomic E-state index is 0.125. The summed E-state index contributed by atoms with van der Waals surface area (Å²) in [7, 11) is 0. The first-order valence-electron chi connectivity index (χ1n) is 7.33. The molecule has 4 heteroatoms. The van der Waals surface area contributed by atoms with Crippen LogP contribution in [0.4, 0.5) is 11.5 Å². The van der Waals surface area contributed by atoms with Crippen LogP contribution in [0.5, 0.6) is 0 Å². The van der Waals surface area contributed by atoms with Gasteiger partial charge in [-0.05, 0) is 43.2 Å². The van der Waals surface area contributed by atoms with E-state index < -0.39 is 0 Å². The highest BCUT2D eigenvalue weighted by Gasteiger charge is 2.07. The van der Waals surface area contributed by atoms with Crippen molar-refractivity contribution in [2.75, 3.05) is 17.2 Å². The molecule has 1 heterocycles. The summed E-state index contributed by atoms with van der Waals surface area (Å²) in [5, 5.41) is 6.00. The molecule has 2 rings (SSSR count). The second-order valence-electron chi connectivity index (χ2n) is 4.86. The summed E-state index contributed by atoms with van der Waals surface area (Å²) in [5.41, 5.74) is 2.69. The summed E-state index contributed by atoms with van der Waals surface area (Å²) in [5.74, 6) is 0.586. The van der Waals surface area contributed by atoms with Crippen LogP contribution in [-0.4, -0.2) is 17.4 Å². The van der Waals surface area contributed by atoms with E-state index in [0.717, 1.165) is 25.1 Å². The van der Waals surface area contributed by atoms with Gasteiger partial charge < -0.3 is 10.6 Å². The number of rotatable bonds is 6. The first-order chi connectivity index (χ1) is 10.2. The van der Waals surface area contributed by atoms with Crippen LogP contribution in [0.1, 0.15) is 36.2 Å². The topological polar surface area (TPSA) is 54.0 Å². The molecular formula is C17H21N3O. The molecule has 0 saturated heterocycles. The summed E-state index contributed by atoms with van der Waals surface area (Å²) in [6.07, 6.45) is 3.82. The Hall–Kier alpha value is -2.36. The molecular weight excluding hydrogens is 262 g/mol. The number of hydrogen-bond acceptors (Lipinski definition) is 3. The van der Waals surface area contributed by atoms with E-state index in [2.05, 4.69) is 34.7 Å². The number of aromatic nitrogens is 1. The zero-order chi connectivity index (χ0) is 15.1. The van der Waals surface area contributed by atoms with Gasteiger partial charge in [0.2, 0.25) is 0 Å². The second kappa shape index (κ2) is 7.43. The lowest BCUT2D eigenvalue weighted by atomic mass is 10.1. The molecule has 0 spiro atoms. The molecule has 0 bridgehead atoms. The predicted molar refractivity (Wildman–Crippen MR) is 86.8 cm³/mol. The van der Waals surface area contributed by atoms with E-state index in [1.807, 2.05) is 19.1 Å². The molecule has 110 valence electrons. The van der Waals surface area contributed by atoms with Crippen molar-refractivity contribution in [3.8, 4) is 0 Å². The molecule has 0 unspecified atom stereocenters. The summed E-state index contributed by atoms with van der Waals surface area (Å²) in [6.45, 7) is 4.92. The van der Waals surface area contributed by atoms with E-state index in [9.17, 15) is 4.79 Å². The number of nitrogens with one attached hydrogen (secondary N) is 2. The lowest BCUT2D eigenvalue weighted by Crippen LogP contribution is -2.12. The Morgan fingerprint density at radius 3 is 2.57 bits per heavy atom. The Morgan fingerprint density at radius 2 is 1.90 bits per heavy atom. The van der Waals surface area contributed by atoms with Crippen LogP contribution in [0.15, 0.2) is 42.6 Å². The second-order valence-corrected chi connectivity index (χ2v) is 4.86. The molecule has 1 aromatic heterocycles. The average Bonchev–Trinajstić information content (AvgIpc) is 2.50. The summed E-state index contributed by atoms with van der Waals surface area (Å²) >= 11 is 0. The zero-order valence-electron chi connectivity index (χ0n) is 12.5. The zero-order valence-corrected chi connectivity index (χ0v) is 12.5. The third-order valence-corrected chi connectivity index (χ3v) is 3.13.